The van der Waals surface area contributed by atoms with Crippen LogP contribution in [0, 0.1) is 0 Å². The van der Waals surface area contributed by atoms with Crippen LogP contribution in [0.15, 0.2) is 35.9 Å². The molecule has 1 atom stereocenters. The van der Waals surface area contributed by atoms with Crippen LogP contribution in [-0.4, -0.2) is 12.1 Å². The Hall–Kier alpha value is -1.08. The lowest BCUT2D eigenvalue weighted by atomic mass is 9.74. The molecule has 104 valence electrons. The fourth-order valence-electron chi connectivity index (χ4n) is 2.78. The lowest BCUT2D eigenvalue weighted by Crippen LogP contribution is -2.36. The highest BCUT2D eigenvalue weighted by atomic mass is 14.9. The molecule has 0 heterocycles. The van der Waals surface area contributed by atoms with Crippen molar-refractivity contribution in [3.8, 4) is 0 Å². The van der Waals surface area contributed by atoms with Gasteiger partial charge in [-0.25, -0.2) is 0 Å². The first-order chi connectivity index (χ1) is 8.96. The van der Waals surface area contributed by atoms with E-state index in [1.54, 1.807) is 11.1 Å². The van der Waals surface area contributed by atoms with E-state index in [2.05, 4.69) is 63.4 Å². The molecule has 1 heteroatoms. The van der Waals surface area contributed by atoms with Crippen LogP contribution >= 0.6 is 0 Å². The van der Waals surface area contributed by atoms with Gasteiger partial charge in [0.05, 0.1) is 0 Å². The summed E-state index contributed by atoms with van der Waals surface area (Å²) >= 11 is 0. The third kappa shape index (κ3) is 4.21. The summed E-state index contributed by atoms with van der Waals surface area (Å²) in [4.78, 5) is 0. The summed E-state index contributed by atoms with van der Waals surface area (Å²) in [5.41, 5.74) is 4.89. The molecule has 0 amide bonds. The largest absolute Gasteiger partial charge is 0.312 e. The van der Waals surface area contributed by atoms with E-state index in [-0.39, 0.29) is 5.54 Å². The van der Waals surface area contributed by atoms with Crippen LogP contribution in [-0.2, 0) is 6.42 Å². The minimum Gasteiger partial charge on any atom is -0.312 e. The van der Waals surface area contributed by atoms with Crippen molar-refractivity contribution in [1.82, 2.24) is 5.32 Å². The Morgan fingerprint density at radius 3 is 2.74 bits per heavy atom. The molecule has 0 aromatic heterocycles. The van der Waals surface area contributed by atoms with E-state index < -0.39 is 0 Å². The second kappa shape index (κ2) is 5.92. The molecule has 1 unspecified atom stereocenters. The van der Waals surface area contributed by atoms with Crippen molar-refractivity contribution in [1.29, 1.82) is 0 Å². The third-order valence-corrected chi connectivity index (χ3v) is 3.82. The highest BCUT2D eigenvalue weighted by molar-refractivity contribution is 5.40. The van der Waals surface area contributed by atoms with Crippen molar-refractivity contribution in [2.75, 3.05) is 6.54 Å². The van der Waals surface area contributed by atoms with Crippen molar-refractivity contribution in [3.63, 3.8) is 0 Å². The lowest BCUT2D eigenvalue weighted by molar-refractivity contribution is 0.431. The minimum absolute atomic E-state index is 0.231. The molecule has 0 bridgehead atoms. The Labute approximate surface area is 118 Å². The van der Waals surface area contributed by atoms with Gasteiger partial charge in [-0.3, -0.25) is 0 Å². The smallest absolute Gasteiger partial charge is 0.00966 e. The molecular weight excluding hydrogens is 230 g/mol. The first kappa shape index (κ1) is 14.3. The second-order valence-electron chi connectivity index (χ2n) is 6.82. The van der Waals surface area contributed by atoms with E-state index in [4.69, 9.17) is 0 Å². The van der Waals surface area contributed by atoms with Gasteiger partial charge in [-0.1, -0.05) is 35.9 Å². The maximum atomic E-state index is 3.53. The second-order valence-corrected chi connectivity index (χ2v) is 6.82. The lowest BCUT2D eigenvalue weighted by Gasteiger charge is -2.30. The number of hydrogen-bond donors (Lipinski definition) is 1. The van der Waals surface area contributed by atoms with Gasteiger partial charge in [0.2, 0.25) is 0 Å². The van der Waals surface area contributed by atoms with Gasteiger partial charge in [0.25, 0.3) is 0 Å². The number of rotatable bonds is 5. The predicted octanol–water partition coefficient (Wildman–Crippen LogP) is 4.44. The monoisotopic (exact) mass is 257 g/mol. The molecule has 0 fully saturated rings. The van der Waals surface area contributed by atoms with Gasteiger partial charge in [-0.15, -0.1) is 0 Å². The van der Waals surface area contributed by atoms with Crippen LogP contribution < -0.4 is 5.32 Å². The summed E-state index contributed by atoms with van der Waals surface area (Å²) in [6, 6.07) is 8.86. The van der Waals surface area contributed by atoms with Gasteiger partial charge in [0, 0.05) is 5.54 Å². The van der Waals surface area contributed by atoms with Crippen LogP contribution in [0.25, 0.3) is 0 Å². The van der Waals surface area contributed by atoms with E-state index in [9.17, 15) is 0 Å². The fourth-order valence-corrected chi connectivity index (χ4v) is 2.78. The first-order valence-electron chi connectivity index (χ1n) is 7.44. The summed E-state index contributed by atoms with van der Waals surface area (Å²) < 4.78 is 0. The van der Waals surface area contributed by atoms with E-state index in [1.165, 1.54) is 18.4 Å². The molecule has 19 heavy (non-hydrogen) atoms. The zero-order valence-electron chi connectivity index (χ0n) is 12.8. The summed E-state index contributed by atoms with van der Waals surface area (Å²) in [7, 11) is 0. The highest BCUT2D eigenvalue weighted by Crippen LogP contribution is 2.38. The number of hydrogen-bond acceptors (Lipinski definition) is 1. The van der Waals surface area contributed by atoms with Crippen molar-refractivity contribution >= 4 is 0 Å². The number of nitrogens with one attached hydrogen (secondary N) is 1. The van der Waals surface area contributed by atoms with E-state index in [0.717, 1.165) is 18.9 Å². The van der Waals surface area contributed by atoms with Crippen LogP contribution in [0.3, 0.4) is 0 Å². The van der Waals surface area contributed by atoms with Gasteiger partial charge in [0.1, 0.15) is 0 Å². The highest BCUT2D eigenvalue weighted by Gasteiger charge is 2.24. The van der Waals surface area contributed by atoms with Gasteiger partial charge >= 0.3 is 0 Å². The molecular formula is C18H27N. The summed E-state index contributed by atoms with van der Waals surface area (Å²) in [6.45, 7) is 10.00. The number of benzene rings is 1. The SMILES string of the molecule is CC(=CCCNC(C)(C)C)CC1Cc2ccccc21. The number of fused-ring (bicyclic) bond motifs is 1. The van der Waals surface area contributed by atoms with Crippen molar-refractivity contribution in [3.05, 3.63) is 47.0 Å². The average Bonchev–Trinajstić information content (AvgIpc) is 2.31. The average molecular weight is 257 g/mol. The zero-order chi connectivity index (χ0) is 13.9. The Kier molecular flexibility index (Phi) is 4.46. The Morgan fingerprint density at radius 1 is 1.32 bits per heavy atom. The molecule has 1 aromatic rings. The predicted molar refractivity (Wildman–Crippen MR) is 83.6 cm³/mol. The Balaban J connectivity index is 1.75. The first-order valence-corrected chi connectivity index (χ1v) is 7.44. The Morgan fingerprint density at radius 2 is 2.05 bits per heavy atom. The van der Waals surface area contributed by atoms with E-state index in [1.807, 2.05) is 0 Å². The molecule has 0 radical (unpaired) electrons. The molecule has 1 aromatic carbocycles. The molecule has 1 nitrogen and oxygen atoms in total. The quantitative estimate of drug-likeness (QED) is 0.607. The van der Waals surface area contributed by atoms with Crippen LogP contribution in [0.5, 0.6) is 0 Å². The molecule has 0 aliphatic heterocycles. The standard InChI is InChI=1S/C18H27N/c1-14(8-7-11-19-18(2,3)4)12-16-13-15-9-5-6-10-17(15)16/h5-6,8-10,16,19H,7,11-13H2,1-4H3. The molecule has 0 spiro atoms. The topological polar surface area (TPSA) is 12.0 Å². The van der Waals surface area contributed by atoms with Gasteiger partial charge in [-0.2, -0.15) is 0 Å². The molecule has 2 rings (SSSR count). The summed E-state index contributed by atoms with van der Waals surface area (Å²) in [5.74, 6) is 0.767. The number of allylic oxidation sites excluding steroid dienone is 1. The molecule has 1 aliphatic rings. The third-order valence-electron chi connectivity index (χ3n) is 3.82. The van der Waals surface area contributed by atoms with E-state index >= 15 is 0 Å². The van der Waals surface area contributed by atoms with Crippen LogP contribution in [0.2, 0.25) is 0 Å². The zero-order valence-corrected chi connectivity index (χ0v) is 12.8. The van der Waals surface area contributed by atoms with Gasteiger partial charge in [0.15, 0.2) is 0 Å². The fraction of sp³-hybridized carbons (Fsp3) is 0.556. The van der Waals surface area contributed by atoms with E-state index in [0.29, 0.717) is 0 Å². The summed E-state index contributed by atoms with van der Waals surface area (Å²) in [6.07, 6.45) is 6.03. The molecule has 0 saturated carbocycles. The van der Waals surface area contributed by atoms with Gasteiger partial charge in [-0.05, 0) is 70.5 Å². The summed E-state index contributed by atoms with van der Waals surface area (Å²) in [5, 5.41) is 3.53. The maximum absolute atomic E-state index is 3.53. The van der Waals surface area contributed by atoms with Crippen molar-refractivity contribution in [2.24, 2.45) is 0 Å². The van der Waals surface area contributed by atoms with Gasteiger partial charge < -0.3 is 5.32 Å². The van der Waals surface area contributed by atoms with Crippen LogP contribution in [0.1, 0.15) is 57.6 Å². The van der Waals surface area contributed by atoms with Crippen molar-refractivity contribution < 1.29 is 0 Å². The van der Waals surface area contributed by atoms with Crippen molar-refractivity contribution in [2.45, 2.75) is 58.4 Å². The van der Waals surface area contributed by atoms with Crippen LogP contribution in [0.4, 0.5) is 0 Å². The maximum Gasteiger partial charge on any atom is 0.00966 e. The molecule has 0 saturated heterocycles. The molecule has 1 aliphatic carbocycles. The molecule has 1 N–H and O–H groups in total. The minimum atomic E-state index is 0.231. The normalized spacial score (nSPS) is 18.9. The Bertz CT molecular complexity index is 451.